The van der Waals surface area contributed by atoms with Gasteiger partial charge in [-0.15, -0.1) is 0 Å². The number of hydrogen-bond acceptors (Lipinski definition) is 3. The molecule has 7 heteroatoms. The first-order valence-corrected chi connectivity index (χ1v) is 7.69. The molecule has 0 saturated carbocycles. The second-order valence-corrected chi connectivity index (χ2v) is 6.43. The number of rotatable bonds is 6. The van der Waals surface area contributed by atoms with Gasteiger partial charge in [0.15, 0.2) is 9.84 Å². The Labute approximate surface area is 110 Å². The maximum atomic E-state index is 12.7. The maximum absolute atomic E-state index is 12.7. The number of para-hydroxylation sites is 1. The van der Waals surface area contributed by atoms with Crippen molar-refractivity contribution in [1.29, 1.82) is 0 Å². The molecule has 0 aliphatic rings. The summed E-state index contributed by atoms with van der Waals surface area (Å²) in [5.74, 6) is -0.122. The normalized spacial score (nSPS) is 12.4. The van der Waals surface area contributed by atoms with E-state index in [1.807, 2.05) is 0 Å². The monoisotopic (exact) mass is 295 g/mol. The van der Waals surface area contributed by atoms with Gasteiger partial charge in [0.05, 0.1) is 11.3 Å². The highest BCUT2D eigenvalue weighted by Crippen LogP contribution is 2.34. The lowest BCUT2D eigenvalue weighted by atomic mass is 10.1. The van der Waals surface area contributed by atoms with E-state index < -0.39 is 21.6 Å². The summed E-state index contributed by atoms with van der Waals surface area (Å²) in [7, 11) is -3.19. The van der Waals surface area contributed by atoms with Crippen LogP contribution in [0.3, 0.4) is 0 Å². The summed E-state index contributed by atoms with van der Waals surface area (Å²) in [5, 5.41) is 2.54. The van der Waals surface area contributed by atoms with Crippen LogP contribution in [0.4, 0.5) is 18.9 Å². The number of nitrogens with one attached hydrogen (secondary N) is 1. The van der Waals surface area contributed by atoms with E-state index >= 15 is 0 Å². The molecule has 0 bridgehead atoms. The molecule has 108 valence electrons. The Balaban J connectivity index is 2.69. The Morgan fingerprint density at radius 1 is 1.16 bits per heavy atom. The largest absolute Gasteiger partial charge is 0.418 e. The molecule has 0 saturated heterocycles. The van der Waals surface area contributed by atoms with Crippen LogP contribution in [0.25, 0.3) is 0 Å². The quantitative estimate of drug-likeness (QED) is 0.877. The molecule has 0 aliphatic heterocycles. The van der Waals surface area contributed by atoms with E-state index in [0.29, 0.717) is 6.42 Å². The fourth-order valence-electron chi connectivity index (χ4n) is 1.64. The van der Waals surface area contributed by atoms with Crippen molar-refractivity contribution >= 4 is 15.5 Å². The van der Waals surface area contributed by atoms with Gasteiger partial charge in [-0.1, -0.05) is 19.1 Å². The van der Waals surface area contributed by atoms with Crippen molar-refractivity contribution in [2.75, 3.05) is 23.4 Å². The lowest BCUT2D eigenvalue weighted by molar-refractivity contribution is -0.136. The van der Waals surface area contributed by atoms with Crippen LogP contribution >= 0.6 is 0 Å². The summed E-state index contributed by atoms with van der Waals surface area (Å²) in [6.45, 7) is 1.71. The Morgan fingerprint density at radius 2 is 1.79 bits per heavy atom. The number of alkyl halides is 3. The minimum Gasteiger partial charge on any atom is -0.384 e. The average Bonchev–Trinajstić information content (AvgIpc) is 2.28. The topological polar surface area (TPSA) is 46.2 Å². The molecular formula is C12H16F3NO2S. The molecule has 0 heterocycles. The highest BCUT2D eigenvalue weighted by molar-refractivity contribution is 7.91. The van der Waals surface area contributed by atoms with Crippen molar-refractivity contribution in [3.63, 3.8) is 0 Å². The van der Waals surface area contributed by atoms with Gasteiger partial charge in [0.2, 0.25) is 0 Å². The molecule has 1 aromatic rings. The van der Waals surface area contributed by atoms with Crippen molar-refractivity contribution in [3.05, 3.63) is 29.8 Å². The SMILES string of the molecule is CCCS(=O)(=O)CCNc1ccccc1C(F)(F)F. The Hall–Kier alpha value is -1.24. The van der Waals surface area contributed by atoms with Gasteiger partial charge < -0.3 is 5.32 Å². The Kier molecular flexibility index (Phi) is 5.22. The fourth-order valence-corrected chi connectivity index (χ4v) is 2.88. The molecule has 0 aromatic heterocycles. The van der Waals surface area contributed by atoms with Crippen LogP contribution in [0.5, 0.6) is 0 Å². The number of hydrogen-bond donors (Lipinski definition) is 1. The van der Waals surface area contributed by atoms with Gasteiger partial charge in [0.25, 0.3) is 0 Å². The van der Waals surface area contributed by atoms with Crippen LogP contribution in [0, 0.1) is 0 Å². The van der Waals surface area contributed by atoms with E-state index in [9.17, 15) is 21.6 Å². The third-order valence-corrected chi connectivity index (χ3v) is 4.33. The van der Waals surface area contributed by atoms with Crippen LogP contribution in [-0.2, 0) is 16.0 Å². The van der Waals surface area contributed by atoms with E-state index in [0.717, 1.165) is 6.07 Å². The van der Waals surface area contributed by atoms with Crippen molar-refractivity contribution in [3.8, 4) is 0 Å². The molecule has 1 rings (SSSR count). The number of anilines is 1. The van der Waals surface area contributed by atoms with E-state index in [1.165, 1.54) is 18.2 Å². The summed E-state index contributed by atoms with van der Waals surface area (Å²) in [6, 6.07) is 5.01. The minimum absolute atomic E-state index is 0.0323. The van der Waals surface area contributed by atoms with E-state index in [4.69, 9.17) is 0 Å². The fraction of sp³-hybridized carbons (Fsp3) is 0.500. The zero-order chi connectivity index (χ0) is 14.5. The van der Waals surface area contributed by atoms with Gasteiger partial charge in [-0.2, -0.15) is 13.2 Å². The van der Waals surface area contributed by atoms with Gasteiger partial charge in [-0.25, -0.2) is 8.42 Å². The molecule has 0 atom stereocenters. The Morgan fingerprint density at radius 3 is 2.37 bits per heavy atom. The lowest BCUT2D eigenvalue weighted by Gasteiger charge is -2.14. The van der Waals surface area contributed by atoms with Crippen LogP contribution < -0.4 is 5.32 Å². The predicted octanol–water partition coefficient (Wildman–Crippen LogP) is 2.94. The summed E-state index contributed by atoms with van der Waals surface area (Å²) in [6.07, 6.45) is -3.95. The highest BCUT2D eigenvalue weighted by atomic mass is 32.2. The second-order valence-electron chi connectivity index (χ2n) is 4.12. The molecular weight excluding hydrogens is 279 g/mol. The predicted molar refractivity (Wildman–Crippen MR) is 68.9 cm³/mol. The van der Waals surface area contributed by atoms with E-state index in [2.05, 4.69) is 5.32 Å². The highest BCUT2D eigenvalue weighted by Gasteiger charge is 2.33. The number of benzene rings is 1. The van der Waals surface area contributed by atoms with Crippen LogP contribution in [0.1, 0.15) is 18.9 Å². The molecule has 0 spiro atoms. The average molecular weight is 295 g/mol. The van der Waals surface area contributed by atoms with Gasteiger partial charge in [-0.05, 0) is 18.6 Å². The van der Waals surface area contributed by atoms with Crippen LogP contribution in [0.2, 0.25) is 0 Å². The van der Waals surface area contributed by atoms with Crippen molar-refractivity contribution in [1.82, 2.24) is 0 Å². The third kappa shape index (κ3) is 5.10. The Bertz CT molecular complexity index is 512. The third-order valence-electron chi connectivity index (χ3n) is 2.48. The van der Waals surface area contributed by atoms with Crippen molar-refractivity contribution in [2.45, 2.75) is 19.5 Å². The van der Waals surface area contributed by atoms with Gasteiger partial charge in [-0.3, -0.25) is 0 Å². The molecule has 0 radical (unpaired) electrons. The molecule has 3 nitrogen and oxygen atoms in total. The van der Waals surface area contributed by atoms with Crippen molar-refractivity contribution in [2.24, 2.45) is 0 Å². The van der Waals surface area contributed by atoms with Crippen LogP contribution in [0.15, 0.2) is 24.3 Å². The summed E-state index contributed by atoms with van der Waals surface area (Å²) in [5.41, 5.74) is -0.885. The summed E-state index contributed by atoms with van der Waals surface area (Å²) < 4.78 is 60.9. The molecule has 1 aromatic carbocycles. The summed E-state index contributed by atoms with van der Waals surface area (Å²) in [4.78, 5) is 0. The molecule has 0 amide bonds. The standard InChI is InChI=1S/C12H16F3NO2S/c1-2-8-19(17,18)9-7-16-11-6-4-3-5-10(11)12(13,14)15/h3-6,16H,2,7-9H2,1H3. The summed E-state index contributed by atoms with van der Waals surface area (Å²) >= 11 is 0. The van der Waals surface area contributed by atoms with Gasteiger partial charge in [0.1, 0.15) is 0 Å². The lowest BCUT2D eigenvalue weighted by Crippen LogP contribution is -2.19. The number of sulfone groups is 1. The van der Waals surface area contributed by atoms with E-state index in [-0.39, 0.29) is 23.7 Å². The molecule has 0 aliphatic carbocycles. The molecule has 0 unspecified atom stereocenters. The number of halogens is 3. The smallest absolute Gasteiger partial charge is 0.384 e. The first kappa shape index (κ1) is 15.8. The molecule has 19 heavy (non-hydrogen) atoms. The van der Waals surface area contributed by atoms with E-state index in [1.54, 1.807) is 6.92 Å². The van der Waals surface area contributed by atoms with Gasteiger partial charge >= 0.3 is 6.18 Å². The van der Waals surface area contributed by atoms with Crippen LogP contribution in [-0.4, -0.2) is 26.5 Å². The van der Waals surface area contributed by atoms with Crippen molar-refractivity contribution < 1.29 is 21.6 Å². The first-order chi connectivity index (χ1) is 8.76. The second kappa shape index (κ2) is 6.27. The molecule has 0 fully saturated rings. The van der Waals surface area contributed by atoms with Gasteiger partial charge in [0, 0.05) is 18.0 Å². The maximum Gasteiger partial charge on any atom is 0.418 e. The molecule has 1 N–H and O–H groups in total. The zero-order valence-electron chi connectivity index (χ0n) is 10.5. The first-order valence-electron chi connectivity index (χ1n) is 5.87. The zero-order valence-corrected chi connectivity index (χ0v) is 11.3. The minimum atomic E-state index is -4.45.